The second-order valence-corrected chi connectivity index (χ2v) is 13.0. The van der Waals surface area contributed by atoms with E-state index in [-0.39, 0.29) is 16.9 Å². The number of carboxylic acid groups (broad SMARTS) is 2. The number of hydrogen-bond donors (Lipinski definition) is 3. The summed E-state index contributed by atoms with van der Waals surface area (Å²) in [7, 11) is 1.75. The predicted molar refractivity (Wildman–Crippen MR) is 172 cm³/mol. The number of para-hydroxylation sites is 2. The lowest BCUT2D eigenvalue weighted by Gasteiger charge is -2.56. The van der Waals surface area contributed by atoms with Crippen LogP contribution in [0.2, 0.25) is 0 Å². The number of nitrogens with zero attached hydrogens (tertiary/aromatic N) is 2. The van der Waals surface area contributed by atoms with Crippen LogP contribution >= 0.6 is 0 Å². The van der Waals surface area contributed by atoms with E-state index in [1.165, 1.54) is 30.5 Å². The van der Waals surface area contributed by atoms with Gasteiger partial charge in [0.05, 0.1) is 12.8 Å². The molecule has 0 aromatic heterocycles. The van der Waals surface area contributed by atoms with Gasteiger partial charge >= 0.3 is 11.9 Å². The van der Waals surface area contributed by atoms with Crippen LogP contribution in [0, 0.1) is 23.2 Å². The number of rotatable bonds is 10. The van der Waals surface area contributed by atoms with Crippen molar-refractivity contribution in [1.29, 1.82) is 0 Å². The van der Waals surface area contributed by atoms with Gasteiger partial charge in [-0.3, -0.25) is 9.69 Å². The monoisotopic (exact) mass is 621 g/mol. The van der Waals surface area contributed by atoms with Gasteiger partial charge in [0.1, 0.15) is 5.75 Å². The minimum Gasteiger partial charge on any atom is -0.495 e. The molecule has 10 nitrogen and oxygen atoms in total. The van der Waals surface area contributed by atoms with E-state index in [0.29, 0.717) is 18.1 Å². The normalized spacial score (nSPS) is 25.9. The van der Waals surface area contributed by atoms with Crippen molar-refractivity contribution in [2.75, 3.05) is 44.7 Å². The maximum atomic E-state index is 13.9. The zero-order valence-electron chi connectivity index (χ0n) is 26.1. The molecule has 1 saturated heterocycles. The summed E-state index contributed by atoms with van der Waals surface area (Å²) >= 11 is 0. The fourth-order valence-corrected chi connectivity index (χ4v) is 8.30. The first-order valence-corrected chi connectivity index (χ1v) is 15.8. The smallest absolute Gasteiger partial charge is 0.328 e. The second kappa shape index (κ2) is 15.4. The number of carboxylic acids is 2. The first kappa shape index (κ1) is 34.0. The molecule has 244 valence electrons. The van der Waals surface area contributed by atoms with Gasteiger partial charge in [0.15, 0.2) is 0 Å². The molecule has 45 heavy (non-hydrogen) atoms. The lowest BCUT2D eigenvalue weighted by molar-refractivity contribution is -0.147. The maximum Gasteiger partial charge on any atom is 0.328 e. The molecule has 1 aliphatic heterocycles. The first-order valence-electron chi connectivity index (χ1n) is 15.8. The Morgan fingerprint density at radius 2 is 1.40 bits per heavy atom. The molecule has 1 heterocycles. The zero-order valence-corrected chi connectivity index (χ0v) is 26.1. The summed E-state index contributed by atoms with van der Waals surface area (Å²) in [4.78, 5) is 38.0. The van der Waals surface area contributed by atoms with E-state index in [1.807, 2.05) is 12.1 Å². The Morgan fingerprint density at radius 3 is 1.93 bits per heavy atom. The molecule has 4 aliphatic carbocycles. The summed E-state index contributed by atoms with van der Waals surface area (Å²) in [5, 5.41) is 19.2. The quantitative estimate of drug-likeness (QED) is 0.340. The van der Waals surface area contributed by atoms with Crippen LogP contribution in [0.4, 0.5) is 5.69 Å². The first-order chi connectivity index (χ1) is 21.2. The molecule has 5 fully saturated rings. The lowest BCUT2D eigenvalue weighted by atomic mass is 9.49. The molecule has 1 atom stereocenters. The van der Waals surface area contributed by atoms with Crippen LogP contribution < -0.4 is 15.0 Å². The Labute approximate surface area is 265 Å². The summed E-state index contributed by atoms with van der Waals surface area (Å²) < 4.78 is 5.60. The minimum atomic E-state index is -1.26. The molecular weight excluding hydrogens is 574 g/mol. The third kappa shape index (κ3) is 8.85. The van der Waals surface area contributed by atoms with Crippen molar-refractivity contribution in [2.45, 2.75) is 51.0 Å². The average Bonchev–Trinajstić information content (AvgIpc) is 3.00. The fourth-order valence-electron chi connectivity index (χ4n) is 8.30. The van der Waals surface area contributed by atoms with E-state index < -0.39 is 11.9 Å². The van der Waals surface area contributed by atoms with Crippen LogP contribution in [0.25, 0.3) is 0 Å². The van der Waals surface area contributed by atoms with Crippen LogP contribution in [0.15, 0.2) is 66.7 Å². The Kier molecular flexibility index (Phi) is 11.6. The highest BCUT2D eigenvalue weighted by Gasteiger charge is 2.54. The number of piperazine rings is 1. The SMILES string of the molecule is COc1ccccc1N1CCN(C[C@@H](Cc2ccccc2)NC(=O)C23CC4CC(CC(C4)C2)C3)CC1.O.O=C(O)/C=C/C(=O)O. The highest BCUT2D eigenvalue weighted by Crippen LogP contribution is 2.60. The molecule has 5 N–H and O–H groups in total. The Hall–Kier alpha value is -3.89. The van der Waals surface area contributed by atoms with Crippen molar-refractivity contribution in [2.24, 2.45) is 23.2 Å². The molecule has 10 heteroatoms. The van der Waals surface area contributed by atoms with E-state index in [9.17, 15) is 14.4 Å². The maximum absolute atomic E-state index is 13.9. The number of aliphatic carboxylic acids is 2. The van der Waals surface area contributed by atoms with Gasteiger partial charge < -0.3 is 30.6 Å². The molecule has 2 aromatic rings. The Balaban J connectivity index is 0.000000455. The van der Waals surface area contributed by atoms with E-state index in [0.717, 1.165) is 81.9 Å². The predicted octanol–water partition coefficient (Wildman–Crippen LogP) is 3.65. The van der Waals surface area contributed by atoms with E-state index >= 15 is 0 Å². The van der Waals surface area contributed by atoms with Crippen LogP contribution in [-0.2, 0) is 20.8 Å². The van der Waals surface area contributed by atoms with Crippen LogP contribution in [0.5, 0.6) is 5.75 Å². The van der Waals surface area contributed by atoms with Crippen molar-refractivity contribution < 1.29 is 34.8 Å². The third-order valence-electron chi connectivity index (χ3n) is 9.83. The van der Waals surface area contributed by atoms with Gasteiger partial charge in [-0.15, -0.1) is 0 Å². The second-order valence-electron chi connectivity index (χ2n) is 13.0. The summed E-state index contributed by atoms with van der Waals surface area (Å²) in [6, 6.07) is 19.1. The van der Waals surface area contributed by atoms with Crippen LogP contribution in [-0.4, -0.2) is 84.3 Å². The van der Waals surface area contributed by atoms with Crippen molar-refractivity contribution in [1.82, 2.24) is 10.2 Å². The number of benzene rings is 2. The Morgan fingerprint density at radius 1 is 0.867 bits per heavy atom. The largest absolute Gasteiger partial charge is 0.495 e. The van der Waals surface area contributed by atoms with Gasteiger partial charge in [-0.25, -0.2) is 9.59 Å². The van der Waals surface area contributed by atoms with E-state index in [4.69, 9.17) is 14.9 Å². The number of carbonyl (C=O) groups is 3. The van der Waals surface area contributed by atoms with Gasteiger partial charge in [0.25, 0.3) is 0 Å². The number of methoxy groups -OCH3 is 1. The molecule has 0 unspecified atom stereocenters. The topological polar surface area (TPSA) is 151 Å². The van der Waals surface area contributed by atoms with Crippen LogP contribution in [0.1, 0.15) is 44.1 Å². The highest BCUT2D eigenvalue weighted by molar-refractivity contribution is 5.89. The highest BCUT2D eigenvalue weighted by atomic mass is 16.5. The molecule has 5 aliphatic rings. The summed E-state index contributed by atoms with van der Waals surface area (Å²) in [6.07, 6.45) is 9.50. The van der Waals surface area contributed by atoms with Crippen molar-refractivity contribution in [3.63, 3.8) is 0 Å². The van der Waals surface area contributed by atoms with Crippen molar-refractivity contribution in [3.05, 3.63) is 72.3 Å². The molecule has 0 spiro atoms. The Bertz CT molecular complexity index is 1270. The standard InChI is InChI=1S/C31H41N3O2.C4H4O4.H2O/c1-36-29-10-6-5-9-28(29)34-13-11-33(12-14-34)22-27(18-23-7-3-2-4-8-23)32-30(35)31-19-24-15-25(20-31)17-26(16-24)21-31;5-3(6)1-2-4(7)8;/h2-10,24-27H,11-22H2,1H3,(H,32,35);1-2H,(H,5,6)(H,7,8);1H2/b;2-1+;/t24?,25?,26?,27-,31?;;/m1../s1. The lowest BCUT2D eigenvalue weighted by Crippen LogP contribution is -2.58. The molecule has 7 rings (SSSR count). The van der Waals surface area contributed by atoms with Gasteiger partial charge in [-0.1, -0.05) is 42.5 Å². The number of anilines is 1. The fraction of sp³-hybridized carbons (Fsp3) is 0.514. The van der Waals surface area contributed by atoms with E-state index in [2.05, 4.69) is 57.6 Å². The summed E-state index contributed by atoms with van der Waals surface area (Å²) in [5.41, 5.74) is 2.39. The number of nitrogens with one attached hydrogen (secondary N) is 1. The van der Waals surface area contributed by atoms with Crippen LogP contribution in [0.3, 0.4) is 0 Å². The molecule has 4 bridgehead atoms. The zero-order chi connectivity index (χ0) is 31.1. The van der Waals surface area contributed by atoms with E-state index in [1.54, 1.807) is 7.11 Å². The number of hydrogen-bond acceptors (Lipinski definition) is 6. The van der Waals surface area contributed by atoms with Gasteiger partial charge in [-0.05, 0) is 80.4 Å². The number of amides is 1. The molecule has 4 saturated carbocycles. The summed E-state index contributed by atoms with van der Waals surface area (Å²) in [5.74, 6) is 1.15. The molecule has 0 radical (unpaired) electrons. The van der Waals surface area contributed by atoms with Gasteiger partial charge in [0, 0.05) is 56.3 Å². The number of ether oxygens (including phenoxy) is 1. The molecule has 2 aromatic carbocycles. The third-order valence-corrected chi connectivity index (χ3v) is 9.83. The molecular formula is C35H47N3O7. The van der Waals surface area contributed by atoms with Gasteiger partial charge in [0.2, 0.25) is 5.91 Å². The molecule has 1 amide bonds. The summed E-state index contributed by atoms with van der Waals surface area (Å²) in [6.45, 7) is 4.85. The average molecular weight is 622 g/mol. The van der Waals surface area contributed by atoms with Crippen molar-refractivity contribution >= 4 is 23.5 Å². The minimum absolute atomic E-state index is 0. The number of carbonyl (C=O) groups excluding carboxylic acids is 1. The van der Waals surface area contributed by atoms with Gasteiger partial charge in [-0.2, -0.15) is 0 Å². The van der Waals surface area contributed by atoms with Crippen molar-refractivity contribution in [3.8, 4) is 5.75 Å².